The first-order chi connectivity index (χ1) is 16.5. The van der Waals surface area contributed by atoms with Crippen LogP contribution in [0.2, 0.25) is 0 Å². The number of hydrogen-bond donors (Lipinski definition) is 2. The number of methoxy groups -OCH3 is 2. The molecule has 4 aromatic rings. The molecule has 0 saturated heterocycles. The Hall–Kier alpha value is -4.12. The molecule has 0 radical (unpaired) electrons. The molecule has 4 rings (SSSR count). The Morgan fingerprint density at radius 2 is 1.74 bits per heavy atom. The number of nitrogens with one attached hydrogen (secondary N) is 2. The van der Waals surface area contributed by atoms with Crippen molar-refractivity contribution in [2.45, 2.75) is 11.6 Å². The Balaban J connectivity index is 1.65. The topological polar surface area (TPSA) is 132 Å². The monoisotopic (exact) mass is 479 g/mol. The van der Waals surface area contributed by atoms with E-state index >= 15 is 0 Å². The number of thioether (sulfide) groups is 1. The fourth-order valence-electron chi connectivity index (χ4n) is 3.29. The molecule has 0 aliphatic carbocycles. The van der Waals surface area contributed by atoms with Crippen molar-refractivity contribution in [1.29, 1.82) is 0 Å². The molecule has 0 aliphatic rings. The van der Waals surface area contributed by atoms with Gasteiger partial charge in [0.1, 0.15) is 17.3 Å². The van der Waals surface area contributed by atoms with Gasteiger partial charge in [0.15, 0.2) is 10.9 Å². The second-order valence-electron chi connectivity index (χ2n) is 7.17. The van der Waals surface area contributed by atoms with Crippen molar-refractivity contribution in [2.24, 2.45) is 0 Å². The molecule has 10 nitrogen and oxygen atoms in total. The van der Waals surface area contributed by atoms with Gasteiger partial charge in [0.05, 0.1) is 25.7 Å². The van der Waals surface area contributed by atoms with Gasteiger partial charge in [0.25, 0.3) is 5.56 Å². The fraction of sp³-hybridized carbons (Fsp3) is 0.174. The van der Waals surface area contributed by atoms with Gasteiger partial charge in [-0.3, -0.25) is 19.1 Å². The Morgan fingerprint density at radius 1 is 0.971 bits per heavy atom. The summed E-state index contributed by atoms with van der Waals surface area (Å²) in [6.45, 7) is 0. The Labute approximate surface area is 198 Å². The number of rotatable bonds is 9. The third-order valence-corrected chi connectivity index (χ3v) is 5.85. The number of ketones is 1. The maximum atomic E-state index is 12.7. The summed E-state index contributed by atoms with van der Waals surface area (Å²) >= 11 is 1.23. The standard InChI is InChI=1S/C23H21N5O5S/c1-32-17-8-6-14(7-9-17)19(29)13-34-23-27-26-20(10-15-11-21(30)25-22(31)24-15)28(23)16-4-3-5-18(12-16)33-2/h3-9,11-12H,10,13H2,1-2H3,(H2,24,25,30,31). The summed E-state index contributed by atoms with van der Waals surface area (Å²) in [5, 5.41) is 9.02. The molecule has 0 aliphatic heterocycles. The van der Waals surface area contributed by atoms with Gasteiger partial charge in [-0.15, -0.1) is 10.2 Å². The minimum atomic E-state index is -0.602. The molecule has 0 fully saturated rings. The molecule has 0 saturated carbocycles. The van der Waals surface area contributed by atoms with Crippen LogP contribution in [0.4, 0.5) is 0 Å². The first-order valence-electron chi connectivity index (χ1n) is 10.2. The van der Waals surface area contributed by atoms with Crippen LogP contribution < -0.4 is 20.7 Å². The molecule has 2 N–H and O–H groups in total. The number of aromatic nitrogens is 5. The number of H-pyrrole nitrogens is 2. The summed E-state index contributed by atoms with van der Waals surface area (Å²) in [7, 11) is 3.13. The van der Waals surface area contributed by atoms with Crippen LogP contribution in [0.15, 0.2) is 69.3 Å². The van der Waals surface area contributed by atoms with E-state index in [2.05, 4.69) is 20.2 Å². The van der Waals surface area contributed by atoms with Gasteiger partial charge in [0, 0.05) is 29.8 Å². The van der Waals surface area contributed by atoms with Crippen LogP contribution in [0.3, 0.4) is 0 Å². The lowest BCUT2D eigenvalue weighted by Gasteiger charge is -2.11. The van der Waals surface area contributed by atoms with Gasteiger partial charge in [-0.25, -0.2) is 4.79 Å². The number of ether oxygens (including phenoxy) is 2. The highest BCUT2D eigenvalue weighted by atomic mass is 32.2. The van der Waals surface area contributed by atoms with E-state index in [1.165, 1.54) is 17.8 Å². The summed E-state index contributed by atoms with van der Waals surface area (Å²) < 4.78 is 12.2. The lowest BCUT2D eigenvalue weighted by Crippen LogP contribution is -2.23. The number of aromatic amines is 2. The highest BCUT2D eigenvalue weighted by molar-refractivity contribution is 7.99. The fourth-order valence-corrected chi connectivity index (χ4v) is 4.16. The maximum Gasteiger partial charge on any atom is 0.325 e. The lowest BCUT2D eigenvalue weighted by atomic mass is 10.1. The van der Waals surface area contributed by atoms with Crippen molar-refractivity contribution in [3.63, 3.8) is 0 Å². The second-order valence-corrected chi connectivity index (χ2v) is 8.11. The zero-order valence-corrected chi connectivity index (χ0v) is 19.2. The molecule has 11 heteroatoms. The number of hydrogen-bond acceptors (Lipinski definition) is 8. The van der Waals surface area contributed by atoms with E-state index in [9.17, 15) is 14.4 Å². The Morgan fingerprint density at radius 3 is 2.44 bits per heavy atom. The van der Waals surface area contributed by atoms with E-state index in [-0.39, 0.29) is 18.0 Å². The van der Waals surface area contributed by atoms with E-state index in [1.807, 2.05) is 24.3 Å². The zero-order valence-electron chi connectivity index (χ0n) is 18.4. The minimum absolute atomic E-state index is 0.0756. The van der Waals surface area contributed by atoms with E-state index in [0.717, 1.165) is 0 Å². The Bertz CT molecular complexity index is 1400. The molecule has 0 bridgehead atoms. The Kier molecular flexibility index (Phi) is 6.93. The highest BCUT2D eigenvalue weighted by Gasteiger charge is 2.18. The number of Topliss-reactive ketones (excluding diaryl/α,β-unsaturated/α-hetero) is 1. The molecular weight excluding hydrogens is 458 g/mol. The predicted octanol–water partition coefficient (Wildman–Crippen LogP) is 2.23. The lowest BCUT2D eigenvalue weighted by molar-refractivity contribution is 0.102. The normalized spacial score (nSPS) is 10.8. The van der Waals surface area contributed by atoms with Gasteiger partial charge in [0.2, 0.25) is 0 Å². The summed E-state index contributed by atoms with van der Waals surface area (Å²) in [4.78, 5) is 40.9. The van der Waals surface area contributed by atoms with Crippen molar-refractivity contribution >= 4 is 17.5 Å². The molecular formula is C23H21N5O5S. The van der Waals surface area contributed by atoms with Crippen LogP contribution in [0.25, 0.3) is 5.69 Å². The molecule has 0 amide bonds. The van der Waals surface area contributed by atoms with Crippen LogP contribution in [-0.4, -0.2) is 50.5 Å². The third kappa shape index (κ3) is 5.26. The van der Waals surface area contributed by atoms with Crippen LogP contribution in [0.5, 0.6) is 11.5 Å². The van der Waals surface area contributed by atoms with Crippen molar-refractivity contribution in [3.8, 4) is 17.2 Å². The molecule has 2 aromatic heterocycles. The summed E-state index contributed by atoms with van der Waals surface area (Å²) in [5.74, 6) is 1.84. The smallest absolute Gasteiger partial charge is 0.325 e. The summed E-state index contributed by atoms with van der Waals surface area (Å²) in [6, 6.07) is 15.5. The van der Waals surface area contributed by atoms with E-state index in [0.29, 0.717) is 39.4 Å². The van der Waals surface area contributed by atoms with Gasteiger partial charge < -0.3 is 14.5 Å². The molecule has 0 atom stereocenters. The number of carbonyl (C=O) groups is 1. The van der Waals surface area contributed by atoms with Crippen LogP contribution in [0.1, 0.15) is 21.9 Å². The first kappa shape index (κ1) is 23.1. The number of carbonyl (C=O) groups excluding carboxylic acids is 1. The first-order valence-corrected chi connectivity index (χ1v) is 11.2. The zero-order chi connectivity index (χ0) is 24.1. The van der Waals surface area contributed by atoms with Crippen molar-refractivity contribution < 1.29 is 14.3 Å². The van der Waals surface area contributed by atoms with Crippen LogP contribution in [0, 0.1) is 0 Å². The summed E-state index contributed by atoms with van der Waals surface area (Å²) in [6.07, 6.45) is 0.149. The average Bonchev–Trinajstić information content (AvgIpc) is 3.24. The van der Waals surface area contributed by atoms with Gasteiger partial charge >= 0.3 is 5.69 Å². The summed E-state index contributed by atoms with van der Waals surface area (Å²) in [5.41, 5.74) is 0.546. The molecule has 2 aromatic carbocycles. The van der Waals surface area contributed by atoms with Crippen LogP contribution in [-0.2, 0) is 6.42 Å². The van der Waals surface area contributed by atoms with Crippen molar-refractivity contribution in [1.82, 2.24) is 24.7 Å². The molecule has 174 valence electrons. The minimum Gasteiger partial charge on any atom is -0.497 e. The van der Waals surface area contributed by atoms with Crippen molar-refractivity contribution in [2.75, 3.05) is 20.0 Å². The largest absolute Gasteiger partial charge is 0.497 e. The maximum absolute atomic E-state index is 12.7. The van der Waals surface area contributed by atoms with Crippen LogP contribution >= 0.6 is 11.8 Å². The number of benzene rings is 2. The van der Waals surface area contributed by atoms with Gasteiger partial charge in [-0.2, -0.15) is 0 Å². The van der Waals surface area contributed by atoms with Gasteiger partial charge in [-0.1, -0.05) is 17.8 Å². The molecule has 2 heterocycles. The number of nitrogens with zero attached hydrogens (tertiary/aromatic N) is 3. The highest BCUT2D eigenvalue weighted by Crippen LogP contribution is 2.26. The SMILES string of the molecule is COc1ccc(C(=O)CSc2nnc(Cc3cc(=O)[nH]c(=O)[nH]3)n2-c2cccc(OC)c2)cc1. The second kappa shape index (κ2) is 10.2. The van der Waals surface area contributed by atoms with Gasteiger partial charge in [-0.05, 0) is 36.4 Å². The quantitative estimate of drug-likeness (QED) is 0.276. The third-order valence-electron chi connectivity index (χ3n) is 4.92. The molecule has 0 spiro atoms. The van der Waals surface area contributed by atoms with E-state index in [4.69, 9.17) is 9.47 Å². The molecule has 0 unspecified atom stereocenters. The van der Waals surface area contributed by atoms with E-state index < -0.39 is 11.2 Å². The average molecular weight is 480 g/mol. The van der Waals surface area contributed by atoms with Crippen molar-refractivity contribution in [3.05, 3.63) is 92.5 Å². The molecule has 34 heavy (non-hydrogen) atoms. The predicted molar refractivity (Wildman–Crippen MR) is 126 cm³/mol. The van der Waals surface area contributed by atoms with E-state index in [1.54, 1.807) is 43.1 Å².